The van der Waals surface area contributed by atoms with Crippen LogP contribution >= 0.6 is 11.6 Å². The zero-order valence-corrected chi connectivity index (χ0v) is 11.4. The molecule has 0 atom stereocenters. The first-order valence-corrected chi connectivity index (χ1v) is 6.26. The molecule has 0 bridgehead atoms. The summed E-state index contributed by atoms with van der Waals surface area (Å²) >= 11 is 5.64. The van der Waals surface area contributed by atoms with E-state index in [4.69, 9.17) is 16.0 Å². The van der Waals surface area contributed by atoms with Crippen molar-refractivity contribution in [3.63, 3.8) is 0 Å². The van der Waals surface area contributed by atoms with Gasteiger partial charge in [-0.25, -0.2) is 0 Å². The van der Waals surface area contributed by atoms with Gasteiger partial charge in [0.2, 0.25) is 5.91 Å². The Hall–Kier alpha value is -1.96. The lowest BCUT2D eigenvalue weighted by Gasteiger charge is -2.23. The number of hydrogen-bond donors (Lipinski definition) is 0. The minimum atomic E-state index is -4.50. The van der Waals surface area contributed by atoms with Gasteiger partial charge in [-0.1, -0.05) is 11.6 Å². The van der Waals surface area contributed by atoms with E-state index in [0.717, 1.165) is 0 Å². The summed E-state index contributed by atoms with van der Waals surface area (Å²) in [6.07, 6.45) is -0.504. The van der Waals surface area contributed by atoms with Gasteiger partial charge >= 0.3 is 6.18 Å². The van der Waals surface area contributed by atoms with Gasteiger partial charge in [0.15, 0.2) is 0 Å². The maximum atomic E-state index is 12.6. The number of amides is 1. The van der Waals surface area contributed by atoms with Crippen LogP contribution < -0.4 is 0 Å². The number of aromatic nitrogens is 2. The van der Waals surface area contributed by atoms with Crippen LogP contribution in [0.15, 0.2) is 35.2 Å². The SMILES string of the molecule is O=C(Cn1cc(Cl)cn1)N(Cc1ccco1)CC(F)(F)F. The summed E-state index contributed by atoms with van der Waals surface area (Å²) in [5.41, 5.74) is 0. The second-order valence-electron chi connectivity index (χ2n) is 4.30. The topological polar surface area (TPSA) is 51.3 Å². The first kappa shape index (κ1) is 15.4. The predicted octanol–water partition coefficient (Wildman–Crippen LogP) is 2.72. The highest BCUT2D eigenvalue weighted by Gasteiger charge is 2.33. The molecule has 9 heteroatoms. The zero-order valence-electron chi connectivity index (χ0n) is 10.7. The number of nitrogens with zero attached hydrogens (tertiary/aromatic N) is 3. The van der Waals surface area contributed by atoms with Crippen LogP contribution in [-0.4, -0.2) is 33.3 Å². The Labute approximate surface area is 122 Å². The first-order chi connectivity index (χ1) is 9.83. The Morgan fingerprint density at radius 2 is 2.24 bits per heavy atom. The summed E-state index contributed by atoms with van der Waals surface area (Å²) in [6.45, 7) is -1.95. The number of carbonyl (C=O) groups excluding carboxylic acids is 1. The molecule has 5 nitrogen and oxygen atoms in total. The van der Waals surface area contributed by atoms with Crippen molar-refractivity contribution < 1.29 is 22.4 Å². The Balaban J connectivity index is 2.08. The van der Waals surface area contributed by atoms with Crippen LogP contribution in [0.2, 0.25) is 5.02 Å². The molecule has 2 rings (SSSR count). The van der Waals surface area contributed by atoms with Crippen molar-refractivity contribution in [2.45, 2.75) is 19.3 Å². The molecule has 0 unspecified atom stereocenters. The van der Waals surface area contributed by atoms with Crippen molar-refractivity contribution in [2.24, 2.45) is 0 Å². The lowest BCUT2D eigenvalue weighted by molar-refractivity contribution is -0.163. The van der Waals surface area contributed by atoms with Crippen LogP contribution in [0.3, 0.4) is 0 Å². The summed E-state index contributed by atoms with van der Waals surface area (Å²) in [6, 6.07) is 3.04. The number of carbonyl (C=O) groups is 1. The molecule has 0 fully saturated rings. The molecular weight excluding hydrogens is 311 g/mol. The van der Waals surface area contributed by atoms with Gasteiger partial charge in [0.1, 0.15) is 18.8 Å². The van der Waals surface area contributed by atoms with E-state index in [2.05, 4.69) is 5.10 Å². The van der Waals surface area contributed by atoms with Crippen molar-refractivity contribution in [3.05, 3.63) is 41.6 Å². The van der Waals surface area contributed by atoms with Gasteiger partial charge in [-0.15, -0.1) is 0 Å². The Kier molecular flexibility index (Phi) is 4.56. The summed E-state index contributed by atoms with van der Waals surface area (Å²) in [5, 5.41) is 4.07. The van der Waals surface area contributed by atoms with Gasteiger partial charge in [0, 0.05) is 6.20 Å². The van der Waals surface area contributed by atoms with E-state index in [0.29, 0.717) is 9.92 Å². The lowest BCUT2D eigenvalue weighted by atomic mass is 10.3. The maximum absolute atomic E-state index is 12.6. The number of alkyl halides is 3. The van der Waals surface area contributed by atoms with E-state index < -0.39 is 18.6 Å². The summed E-state index contributed by atoms with van der Waals surface area (Å²) in [7, 11) is 0. The molecule has 0 aliphatic carbocycles. The highest BCUT2D eigenvalue weighted by Crippen LogP contribution is 2.19. The number of hydrogen-bond acceptors (Lipinski definition) is 3. The summed E-state index contributed by atoms with van der Waals surface area (Å²) in [5.74, 6) is -0.463. The second kappa shape index (κ2) is 6.21. The smallest absolute Gasteiger partial charge is 0.406 e. The molecule has 0 saturated heterocycles. The van der Waals surface area contributed by atoms with Crippen molar-refractivity contribution in [1.82, 2.24) is 14.7 Å². The molecule has 0 aliphatic heterocycles. The average Bonchev–Trinajstić information content (AvgIpc) is 2.98. The second-order valence-corrected chi connectivity index (χ2v) is 4.74. The molecule has 1 amide bonds. The van der Waals surface area contributed by atoms with E-state index in [9.17, 15) is 18.0 Å². The largest absolute Gasteiger partial charge is 0.467 e. The van der Waals surface area contributed by atoms with Crippen LogP contribution in [0.4, 0.5) is 13.2 Å². The molecule has 0 radical (unpaired) electrons. The monoisotopic (exact) mass is 321 g/mol. The van der Waals surface area contributed by atoms with Crippen LogP contribution in [0.1, 0.15) is 5.76 Å². The summed E-state index contributed by atoms with van der Waals surface area (Å²) < 4.78 is 43.9. The number of halogens is 4. The fraction of sp³-hybridized carbons (Fsp3) is 0.333. The van der Waals surface area contributed by atoms with Crippen LogP contribution in [0.25, 0.3) is 0 Å². The molecule has 0 saturated carbocycles. The van der Waals surface area contributed by atoms with Gasteiger partial charge in [0.05, 0.1) is 24.0 Å². The molecule has 2 aromatic heterocycles. The fourth-order valence-corrected chi connectivity index (χ4v) is 1.86. The van der Waals surface area contributed by atoms with E-state index >= 15 is 0 Å². The lowest BCUT2D eigenvalue weighted by Crippen LogP contribution is -2.40. The molecule has 2 heterocycles. The molecule has 0 spiro atoms. The maximum Gasteiger partial charge on any atom is 0.406 e. The van der Waals surface area contributed by atoms with Gasteiger partial charge in [-0.05, 0) is 12.1 Å². The van der Waals surface area contributed by atoms with Crippen molar-refractivity contribution in [2.75, 3.05) is 6.54 Å². The highest BCUT2D eigenvalue weighted by molar-refractivity contribution is 6.30. The predicted molar refractivity (Wildman–Crippen MR) is 67.4 cm³/mol. The van der Waals surface area contributed by atoms with Crippen LogP contribution in [0.5, 0.6) is 0 Å². The third-order valence-corrected chi connectivity index (χ3v) is 2.74. The molecule has 21 heavy (non-hydrogen) atoms. The quantitative estimate of drug-likeness (QED) is 0.851. The van der Waals surface area contributed by atoms with E-state index in [1.165, 1.54) is 29.4 Å². The minimum Gasteiger partial charge on any atom is -0.467 e. The highest BCUT2D eigenvalue weighted by atomic mass is 35.5. The first-order valence-electron chi connectivity index (χ1n) is 5.88. The van der Waals surface area contributed by atoms with Crippen LogP contribution in [0, 0.1) is 0 Å². The Bertz CT molecular complexity index is 595. The zero-order chi connectivity index (χ0) is 15.5. The van der Waals surface area contributed by atoms with Gasteiger partial charge in [0.25, 0.3) is 0 Å². The molecule has 114 valence electrons. The number of furan rings is 1. The number of rotatable bonds is 5. The van der Waals surface area contributed by atoms with Crippen LogP contribution in [-0.2, 0) is 17.9 Å². The normalized spacial score (nSPS) is 11.6. The molecule has 0 N–H and O–H groups in total. The van der Waals surface area contributed by atoms with Gasteiger partial charge < -0.3 is 9.32 Å². The van der Waals surface area contributed by atoms with Crippen molar-refractivity contribution in [1.29, 1.82) is 0 Å². The third kappa shape index (κ3) is 4.82. The summed E-state index contributed by atoms with van der Waals surface area (Å²) in [4.78, 5) is 12.7. The Morgan fingerprint density at radius 1 is 1.48 bits per heavy atom. The standard InChI is InChI=1S/C12H11ClF3N3O2/c13-9-4-17-19(5-9)7-11(20)18(8-12(14,15)16)6-10-2-1-3-21-10/h1-5H,6-8H2. The average molecular weight is 322 g/mol. The minimum absolute atomic E-state index is 0.264. The van der Waals surface area contributed by atoms with Gasteiger partial charge in [-0.3, -0.25) is 9.48 Å². The molecule has 0 aromatic carbocycles. The van der Waals surface area contributed by atoms with Gasteiger partial charge in [-0.2, -0.15) is 18.3 Å². The van der Waals surface area contributed by atoms with Crippen molar-refractivity contribution >= 4 is 17.5 Å². The Morgan fingerprint density at radius 3 is 2.76 bits per heavy atom. The third-order valence-electron chi connectivity index (χ3n) is 2.55. The van der Waals surface area contributed by atoms with E-state index in [1.54, 1.807) is 6.07 Å². The molecular formula is C12H11ClF3N3O2. The van der Waals surface area contributed by atoms with Crippen molar-refractivity contribution in [3.8, 4) is 0 Å². The molecule has 2 aromatic rings. The van der Waals surface area contributed by atoms with E-state index in [-0.39, 0.29) is 18.8 Å². The molecule has 0 aliphatic rings. The van der Waals surface area contributed by atoms with E-state index in [1.807, 2.05) is 0 Å². The fourth-order valence-electron chi connectivity index (χ4n) is 1.70.